The molecule has 5 rings (SSSR count). The molecule has 1 saturated heterocycles. The van der Waals surface area contributed by atoms with E-state index in [1.54, 1.807) is 16.3 Å². The van der Waals surface area contributed by atoms with Crippen molar-refractivity contribution in [1.82, 2.24) is 0 Å². The standard InChI is InChI=1S/C26H30O2Si.2ClH.Zr/c1-5-27-17-20-16-25(23-14-10-9-13-22(20)23)29(3,4)26-15-19-11-7-8-12-21(19)24(26)18-28-6-2;;;/h7-16H,5-6,17-18H2,1-4H3;2*1H;/q;;;+2/p-2. The quantitative estimate of drug-likeness (QED) is 0.451. The third kappa shape index (κ3) is 3.70. The average molecular weight is 565 g/mol. The van der Waals surface area contributed by atoms with E-state index < -0.39 is 31.3 Å². The summed E-state index contributed by atoms with van der Waals surface area (Å²) in [5.41, 5.74) is 9.08. The third-order valence-electron chi connectivity index (χ3n) is 7.24. The Morgan fingerprint density at radius 3 is 2.22 bits per heavy atom. The first kappa shape index (κ1) is 26.1. The van der Waals surface area contributed by atoms with Crippen molar-refractivity contribution >= 4 is 19.2 Å². The summed E-state index contributed by atoms with van der Waals surface area (Å²) in [6.45, 7) is 12.5. The van der Waals surface area contributed by atoms with Crippen LogP contribution in [0.25, 0.3) is 11.1 Å². The van der Waals surface area contributed by atoms with E-state index in [2.05, 4.69) is 81.5 Å². The molecule has 0 saturated carbocycles. The van der Waals surface area contributed by atoms with Crippen LogP contribution in [0.5, 0.6) is 0 Å². The molecule has 2 atom stereocenters. The fourth-order valence-corrected chi connectivity index (χ4v) is 22.0. The molecule has 2 unspecified atom stereocenters. The van der Waals surface area contributed by atoms with Gasteiger partial charge in [-0.05, 0) is 0 Å². The number of fused-ring (bicyclic) bond motifs is 5. The molecule has 0 aromatic heterocycles. The van der Waals surface area contributed by atoms with Crippen molar-refractivity contribution < 1.29 is 57.5 Å². The van der Waals surface area contributed by atoms with Gasteiger partial charge in [0, 0.05) is 0 Å². The summed E-state index contributed by atoms with van der Waals surface area (Å²) in [6, 6.07) is 18.4. The first-order valence-electron chi connectivity index (χ1n) is 11.1. The molecule has 0 N–H and O–H groups in total. The van der Waals surface area contributed by atoms with Crippen LogP contribution in [0.1, 0.15) is 39.7 Å². The zero-order valence-electron chi connectivity index (χ0n) is 19.2. The van der Waals surface area contributed by atoms with Gasteiger partial charge >= 0.3 is 194 Å². The number of halogens is 2. The summed E-state index contributed by atoms with van der Waals surface area (Å²) < 4.78 is 12.9. The van der Waals surface area contributed by atoms with Crippen molar-refractivity contribution in [2.24, 2.45) is 0 Å². The minimum Gasteiger partial charge on any atom is -1.00 e. The topological polar surface area (TPSA) is 18.5 Å². The molecular weight excluding hydrogens is 535 g/mol. The molecule has 2 aromatic rings. The summed E-state index contributed by atoms with van der Waals surface area (Å²) in [5, 5.41) is 1.80. The fraction of sp³-hybridized carbons (Fsp3) is 0.385. The molecular formula is C26H30Cl2O2SiZr. The normalized spacial score (nSPS) is 23.4. The van der Waals surface area contributed by atoms with E-state index in [9.17, 15) is 0 Å². The van der Waals surface area contributed by atoms with Crippen LogP contribution in [0.3, 0.4) is 0 Å². The van der Waals surface area contributed by atoms with Crippen LogP contribution in [0, 0.1) is 0 Å². The summed E-state index contributed by atoms with van der Waals surface area (Å²) >= 11 is -0.844. The maximum atomic E-state index is 6.02. The largest absolute Gasteiger partial charge is 1.00 e. The first-order valence-corrected chi connectivity index (χ1v) is 16.8. The monoisotopic (exact) mass is 562 g/mol. The van der Waals surface area contributed by atoms with Gasteiger partial charge in [0.05, 0.1) is 0 Å². The Labute approximate surface area is 217 Å². The van der Waals surface area contributed by atoms with Gasteiger partial charge in [-0.25, -0.2) is 0 Å². The SMILES string of the molecule is CCOCC1=C[C]2([Zr+2][CH]3C(=C(COCC)c4ccccc43)[Si]2(C)C)c2ccccc21.[Cl-].[Cl-]. The third-order valence-corrected chi connectivity index (χ3v) is 22.1. The Kier molecular flexibility index (Phi) is 8.18. The predicted octanol–water partition coefficient (Wildman–Crippen LogP) is -0.249. The van der Waals surface area contributed by atoms with Gasteiger partial charge in [-0.3, -0.25) is 0 Å². The Balaban J connectivity index is 0.00000144. The smallest absolute Gasteiger partial charge is 1.00 e. The van der Waals surface area contributed by atoms with Gasteiger partial charge in [0.25, 0.3) is 0 Å². The van der Waals surface area contributed by atoms with Crippen LogP contribution in [0.4, 0.5) is 0 Å². The van der Waals surface area contributed by atoms with E-state index in [4.69, 9.17) is 9.47 Å². The van der Waals surface area contributed by atoms with E-state index in [0.717, 1.165) is 26.4 Å². The summed E-state index contributed by atoms with van der Waals surface area (Å²) in [7, 11) is -1.79. The molecule has 0 bridgehead atoms. The molecule has 0 amide bonds. The van der Waals surface area contributed by atoms with Crippen LogP contribution in [0.2, 0.25) is 13.1 Å². The predicted molar refractivity (Wildman–Crippen MR) is 123 cm³/mol. The zero-order valence-corrected chi connectivity index (χ0v) is 24.1. The average Bonchev–Trinajstić information content (AvgIpc) is 3.33. The molecule has 1 aliphatic heterocycles. The van der Waals surface area contributed by atoms with E-state index in [1.807, 2.05) is 0 Å². The Hall–Kier alpha value is -0.480. The van der Waals surface area contributed by atoms with Crippen LogP contribution in [-0.4, -0.2) is 34.5 Å². The molecule has 3 aliphatic rings. The van der Waals surface area contributed by atoms with Crippen LogP contribution < -0.4 is 24.8 Å². The van der Waals surface area contributed by atoms with E-state index in [0.29, 0.717) is 6.37 Å². The van der Waals surface area contributed by atoms with Crippen LogP contribution >= 0.6 is 0 Å². The van der Waals surface area contributed by atoms with Gasteiger partial charge < -0.3 is 24.8 Å². The van der Waals surface area contributed by atoms with Crippen molar-refractivity contribution in [2.45, 2.75) is 33.3 Å². The second kappa shape index (κ2) is 10.0. The molecule has 6 heteroatoms. The van der Waals surface area contributed by atoms with E-state index in [1.165, 1.54) is 22.3 Å². The maximum Gasteiger partial charge on any atom is -1.00 e. The van der Waals surface area contributed by atoms with Crippen LogP contribution in [0.15, 0.2) is 59.8 Å². The fourth-order valence-electron chi connectivity index (χ4n) is 5.86. The van der Waals surface area contributed by atoms with E-state index >= 15 is 0 Å². The number of allylic oxidation sites excluding steroid dienone is 2. The molecule has 2 aliphatic carbocycles. The second-order valence-corrected chi connectivity index (χ2v) is 18.9. The summed E-state index contributed by atoms with van der Waals surface area (Å²) in [4.78, 5) is 0. The molecule has 1 heterocycles. The van der Waals surface area contributed by atoms with Crippen molar-refractivity contribution in [3.05, 3.63) is 82.1 Å². The Morgan fingerprint density at radius 2 is 1.50 bits per heavy atom. The van der Waals surface area contributed by atoms with Gasteiger partial charge in [0.15, 0.2) is 0 Å². The van der Waals surface area contributed by atoms with Gasteiger partial charge in [-0.15, -0.1) is 0 Å². The van der Waals surface area contributed by atoms with Crippen molar-refractivity contribution in [2.75, 3.05) is 26.4 Å². The Morgan fingerprint density at radius 1 is 0.875 bits per heavy atom. The number of ether oxygens (including phenoxy) is 2. The zero-order chi connectivity index (χ0) is 20.9. The molecule has 168 valence electrons. The van der Waals surface area contributed by atoms with Crippen molar-refractivity contribution in [3.63, 3.8) is 0 Å². The first-order chi connectivity index (χ1) is 14.5. The van der Waals surface area contributed by atoms with Gasteiger partial charge in [0.2, 0.25) is 0 Å². The molecule has 2 nitrogen and oxygen atoms in total. The molecule has 1 spiro atoms. The second-order valence-electron chi connectivity index (χ2n) is 8.98. The number of rotatable bonds is 6. The molecule has 0 radical (unpaired) electrons. The number of benzene rings is 2. The van der Waals surface area contributed by atoms with Crippen molar-refractivity contribution in [3.8, 4) is 0 Å². The maximum absolute atomic E-state index is 6.02. The Bertz CT molecular complexity index is 1070. The number of hydrogen-bond donors (Lipinski definition) is 0. The number of hydrogen-bond acceptors (Lipinski definition) is 2. The van der Waals surface area contributed by atoms with Gasteiger partial charge in [-0.1, -0.05) is 0 Å². The van der Waals surface area contributed by atoms with E-state index in [-0.39, 0.29) is 24.8 Å². The minimum absolute atomic E-state index is 0. The summed E-state index contributed by atoms with van der Waals surface area (Å²) in [6.07, 6.45) is 2.69. The van der Waals surface area contributed by atoms with Crippen LogP contribution in [-0.2, 0) is 35.5 Å². The molecule has 32 heavy (non-hydrogen) atoms. The molecule has 2 aromatic carbocycles. The summed E-state index contributed by atoms with van der Waals surface area (Å²) in [5.74, 6) is 0. The molecule has 1 fully saturated rings. The van der Waals surface area contributed by atoms with Gasteiger partial charge in [-0.2, -0.15) is 0 Å². The van der Waals surface area contributed by atoms with Gasteiger partial charge in [0.1, 0.15) is 0 Å². The van der Waals surface area contributed by atoms with Crippen molar-refractivity contribution in [1.29, 1.82) is 0 Å². The minimum atomic E-state index is -1.79.